The molecule has 0 radical (unpaired) electrons. The number of fused-ring (bicyclic) bond motifs is 3. The van der Waals surface area contributed by atoms with Gasteiger partial charge in [-0.1, -0.05) is 37.1 Å². The average Bonchev–Trinajstić information content (AvgIpc) is 3.35. The number of carbonyl (C=O) groups excluding carboxylic acids is 4. The molecule has 4 heterocycles. The largest absolute Gasteiger partial charge is 0.481 e. The number of nitrogens with one attached hydrogen (secondary N) is 1. The molecule has 2 aromatic rings. The highest BCUT2D eigenvalue weighted by Crippen LogP contribution is 2.57. The zero-order valence-corrected chi connectivity index (χ0v) is 25.3. The molecule has 1 aromatic heterocycles. The molecule has 242 valence electrons. The van der Waals surface area contributed by atoms with E-state index in [2.05, 4.69) is 15.3 Å². The van der Waals surface area contributed by atoms with E-state index in [1.807, 2.05) is 12.2 Å². The minimum Gasteiger partial charge on any atom is -0.481 e. The van der Waals surface area contributed by atoms with Gasteiger partial charge in [0.05, 0.1) is 30.7 Å². The van der Waals surface area contributed by atoms with E-state index >= 15 is 0 Å². The number of ketones is 1. The van der Waals surface area contributed by atoms with Gasteiger partial charge >= 0.3 is 12.1 Å². The Bertz CT molecular complexity index is 1570. The van der Waals surface area contributed by atoms with Gasteiger partial charge in [-0.15, -0.1) is 0 Å². The third kappa shape index (κ3) is 6.35. The Kier molecular flexibility index (Phi) is 8.83. The third-order valence-corrected chi connectivity index (χ3v) is 9.55. The first-order valence-electron chi connectivity index (χ1n) is 15.7. The summed E-state index contributed by atoms with van der Waals surface area (Å²) in [7, 11) is 0. The Hall–Kier alpha value is -4.68. The summed E-state index contributed by atoms with van der Waals surface area (Å²) >= 11 is 0. The molecular weight excluding hydrogens is 597 g/mol. The summed E-state index contributed by atoms with van der Waals surface area (Å²) in [5, 5.41) is 12.9. The van der Waals surface area contributed by atoms with Crippen molar-refractivity contribution in [3.8, 4) is 0 Å². The third-order valence-electron chi connectivity index (χ3n) is 9.55. The molecule has 3 aliphatic heterocycles. The minimum absolute atomic E-state index is 0.0213. The molecule has 1 saturated carbocycles. The van der Waals surface area contributed by atoms with Crippen molar-refractivity contribution in [2.24, 2.45) is 11.3 Å². The molecule has 1 aromatic carbocycles. The van der Waals surface area contributed by atoms with Crippen LogP contribution in [0, 0.1) is 17.2 Å². The lowest BCUT2D eigenvalue weighted by Gasteiger charge is -2.29. The quantitative estimate of drug-likeness (QED) is 0.481. The van der Waals surface area contributed by atoms with Crippen LogP contribution in [0.15, 0.2) is 48.9 Å². The van der Waals surface area contributed by atoms with Gasteiger partial charge in [-0.05, 0) is 43.2 Å². The zero-order chi connectivity index (χ0) is 32.4. The molecule has 4 aliphatic rings. The molecule has 12 nitrogen and oxygen atoms in total. The average molecular weight is 634 g/mol. The number of allylic oxidation sites excluding steroid dienone is 2. The Morgan fingerprint density at radius 1 is 1.11 bits per heavy atom. The number of nitrogens with zero attached hydrogens (tertiary/aromatic N) is 4. The molecule has 0 spiro atoms. The molecule has 0 bridgehead atoms. The van der Waals surface area contributed by atoms with E-state index in [9.17, 15) is 33.5 Å². The SMILES string of the molecule is O=C(N[C@H]1CCCCC/C=C\[C@@H]2C[C@@]2(C(=O)O)CC(=O)C2C[C@@H](OC(=O)N3Cc4cccc(F)c4C3)CN2C1=O)c1cnccn1. The molecule has 13 heteroatoms. The maximum atomic E-state index is 14.3. The van der Waals surface area contributed by atoms with Gasteiger partial charge in [0.15, 0.2) is 5.78 Å². The monoisotopic (exact) mass is 633 g/mol. The highest BCUT2D eigenvalue weighted by molar-refractivity contribution is 5.98. The number of ether oxygens (including phenoxy) is 1. The summed E-state index contributed by atoms with van der Waals surface area (Å²) in [5.41, 5.74) is -0.126. The second-order valence-electron chi connectivity index (χ2n) is 12.6. The molecule has 3 amide bonds. The van der Waals surface area contributed by atoms with Crippen LogP contribution in [0.3, 0.4) is 0 Å². The fraction of sp³-hybridized carbons (Fsp3) is 0.485. The maximum Gasteiger partial charge on any atom is 0.410 e. The van der Waals surface area contributed by atoms with Crippen LogP contribution in [-0.4, -0.2) is 79.3 Å². The summed E-state index contributed by atoms with van der Waals surface area (Å²) in [5.74, 6) is -3.30. The van der Waals surface area contributed by atoms with E-state index in [-0.39, 0.29) is 44.1 Å². The standard InChI is InChI=1S/C33H36FN5O7/c34-24-9-6-7-20-17-38(19-23(20)24)32(45)46-22-13-27-28(40)15-33(31(43)44)14-21(33)8-4-2-1-3-5-10-25(30(42)39(27)18-22)37-29(41)26-16-35-11-12-36-26/h4,6-9,11-12,16,21-22,25,27H,1-3,5,10,13-15,17-19H2,(H,37,41)(H,43,44)/b8-4-/t21-,22-,25+,27?,33-/m1/s1. The molecule has 46 heavy (non-hydrogen) atoms. The zero-order valence-electron chi connectivity index (χ0n) is 25.3. The number of hydrogen-bond acceptors (Lipinski definition) is 8. The summed E-state index contributed by atoms with van der Waals surface area (Å²) in [4.78, 5) is 77.3. The van der Waals surface area contributed by atoms with Crippen LogP contribution < -0.4 is 5.32 Å². The van der Waals surface area contributed by atoms with Crippen LogP contribution in [0.4, 0.5) is 9.18 Å². The predicted molar refractivity (Wildman–Crippen MR) is 159 cm³/mol. The van der Waals surface area contributed by atoms with Crippen molar-refractivity contribution in [2.45, 2.75) is 82.6 Å². The predicted octanol–water partition coefficient (Wildman–Crippen LogP) is 3.41. The van der Waals surface area contributed by atoms with Gasteiger partial charge < -0.3 is 20.1 Å². The first-order valence-corrected chi connectivity index (χ1v) is 15.7. The van der Waals surface area contributed by atoms with Gasteiger partial charge in [0.25, 0.3) is 5.91 Å². The normalized spacial score (nSPS) is 28.6. The Morgan fingerprint density at radius 3 is 2.72 bits per heavy atom. The van der Waals surface area contributed by atoms with E-state index in [0.717, 1.165) is 19.3 Å². The number of halogens is 1. The Morgan fingerprint density at radius 2 is 1.96 bits per heavy atom. The summed E-state index contributed by atoms with van der Waals surface area (Å²) in [6.45, 7) is 0.0817. The van der Waals surface area contributed by atoms with Crippen LogP contribution in [0.25, 0.3) is 0 Å². The Labute approximate surface area is 265 Å². The molecule has 1 unspecified atom stereocenters. The fourth-order valence-electron chi connectivity index (χ4n) is 6.85. The number of aromatic nitrogens is 2. The van der Waals surface area contributed by atoms with Crippen molar-refractivity contribution in [3.05, 3.63) is 71.6 Å². The maximum absolute atomic E-state index is 14.3. The lowest BCUT2D eigenvalue weighted by molar-refractivity contribution is -0.147. The molecule has 5 atom stereocenters. The van der Waals surface area contributed by atoms with Crippen molar-refractivity contribution >= 4 is 29.7 Å². The van der Waals surface area contributed by atoms with Crippen molar-refractivity contribution in [1.29, 1.82) is 0 Å². The summed E-state index contributed by atoms with van der Waals surface area (Å²) in [6.07, 6.45) is 9.61. The number of amides is 3. The van der Waals surface area contributed by atoms with Crippen LogP contribution in [0.1, 0.15) is 73.0 Å². The van der Waals surface area contributed by atoms with Gasteiger partial charge in [0, 0.05) is 37.3 Å². The van der Waals surface area contributed by atoms with E-state index in [1.165, 1.54) is 34.5 Å². The number of rotatable bonds is 4. The van der Waals surface area contributed by atoms with Crippen molar-refractivity contribution in [3.63, 3.8) is 0 Å². The van der Waals surface area contributed by atoms with E-state index < -0.39 is 59.1 Å². The van der Waals surface area contributed by atoms with Gasteiger partial charge in [0.1, 0.15) is 23.7 Å². The van der Waals surface area contributed by atoms with Crippen LogP contribution in [0.5, 0.6) is 0 Å². The van der Waals surface area contributed by atoms with E-state index in [1.54, 1.807) is 12.1 Å². The van der Waals surface area contributed by atoms with Crippen molar-refractivity contribution in [2.75, 3.05) is 6.54 Å². The lowest BCUT2D eigenvalue weighted by Crippen LogP contribution is -2.52. The fourth-order valence-corrected chi connectivity index (χ4v) is 6.85. The number of hydrogen-bond donors (Lipinski definition) is 2. The molecular formula is C33H36FN5O7. The second kappa shape index (κ2) is 13.0. The topological polar surface area (TPSA) is 159 Å². The van der Waals surface area contributed by atoms with Crippen molar-refractivity contribution < 1.29 is 38.2 Å². The number of Topliss-reactive ketones (excluding diaryl/α,β-unsaturated/α-hetero) is 1. The molecule has 2 N–H and O–H groups in total. The second-order valence-corrected chi connectivity index (χ2v) is 12.6. The number of carboxylic acid groups (broad SMARTS) is 1. The number of aliphatic carboxylic acids is 1. The first-order chi connectivity index (χ1) is 22.2. The highest BCUT2D eigenvalue weighted by Gasteiger charge is 2.61. The lowest BCUT2D eigenvalue weighted by atomic mass is 9.92. The van der Waals surface area contributed by atoms with Crippen molar-refractivity contribution in [1.82, 2.24) is 25.1 Å². The number of carbonyl (C=O) groups is 5. The van der Waals surface area contributed by atoms with Gasteiger partial charge in [0.2, 0.25) is 5.91 Å². The first kappa shape index (κ1) is 31.3. The summed E-state index contributed by atoms with van der Waals surface area (Å²) < 4.78 is 20.1. The van der Waals surface area contributed by atoms with E-state index in [0.29, 0.717) is 30.4 Å². The molecule has 6 rings (SSSR count). The van der Waals surface area contributed by atoms with Gasteiger partial charge in [-0.3, -0.25) is 29.1 Å². The summed E-state index contributed by atoms with van der Waals surface area (Å²) in [6, 6.07) is 2.59. The van der Waals surface area contributed by atoms with E-state index in [4.69, 9.17) is 4.74 Å². The molecule has 1 saturated heterocycles. The van der Waals surface area contributed by atoms with Gasteiger partial charge in [-0.2, -0.15) is 0 Å². The van der Waals surface area contributed by atoms with Gasteiger partial charge in [-0.25, -0.2) is 14.2 Å². The number of carboxylic acids is 1. The highest BCUT2D eigenvalue weighted by atomic mass is 19.1. The number of benzene rings is 1. The van der Waals surface area contributed by atoms with Crippen LogP contribution in [0.2, 0.25) is 0 Å². The minimum atomic E-state index is -1.25. The Balaban J connectivity index is 1.24. The molecule has 1 aliphatic carbocycles. The van der Waals surface area contributed by atoms with Crippen LogP contribution in [-0.2, 0) is 32.2 Å². The smallest absolute Gasteiger partial charge is 0.410 e. The van der Waals surface area contributed by atoms with Crippen LogP contribution >= 0.6 is 0 Å². The molecule has 2 fully saturated rings.